The summed E-state index contributed by atoms with van der Waals surface area (Å²) in [6.07, 6.45) is 6.73. The van der Waals surface area contributed by atoms with Crippen LogP contribution in [-0.4, -0.2) is 47.6 Å². The lowest BCUT2D eigenvalue weighted by Gasteiger charge is -2.33. The second kappa shape index (κ2) is 9.53. The zero-order valence-corrected chi connectivity index (χ0v) is 17.3. The molecule has 30 heavy (non-hydrogen) atoms. The van der Waals surface area contributed by atoms with Gasteiger partial charge in [-0.15, -0.1) is 0 Å². The number of hydrogen-bond donors (Lipinski definition) is 2. The number of carbonyl (C=O) groups is 1. The second-order valence-electron chi connectivity index (χ2n) is 8.07. The molecule has 0 bridgehead atoms. The topological polar surface area (TPSA) is 66.5 Å². The van der Waals surface area contributed by atoms with Crippen LogP contribution in [0.25, 0.3) is 0 Å². The van der Waals surface area contributed by atoms with Crippen LogP contribution in [0, 0.1) is 12.7 Å². The predicted molar refractivity (Wildman–Crippen MR) is 113 cm³/mol. The fourth-order valence-electron chi connectivity index (χ4n) is 4.67. The van der Waals surface area contributed by atoms with E-state index in [1.54, 1.807) is 18.2 Å². The van der Waals surface area contributed by atoms with Crippen LogP contribution in [0.3, 0.4) is 0 Å². The van der Waals surface area contributed by atoms with E-state index < -0.39 is 0 Å². The van der Waals surface area contributed by atoms with E-state index in [-0.39, 0.29) is 29.6 Å². The Bertz CT molecular complexity index is 878. The van der Waals surface area contributed by atoms with E-state index in [0.29, 0.717) is 25.4 Å². The van der Waals surface area contributed by atoms with Gasteiger partial charge >= 0.3 is 0 Å². The maximum absolute atomic E-state index is 13.6. The number of carbonyl (C=O) groups excluding carboxylic acids is 1. The van der Waals surface area contributed by atoms with Gasteiger partial charge in [-0.25, -0.2) is 4.39 Å². The summed E-state index contributed by atoms with van der Waals surface area (Å²) in [5.41, 5.74) is 9.18. The van der Waals surface area contributed by atoms with Gasteiger partial charge in [0.1, 0.15) is 0 Å². The minimum absolute atomic E-state index is 0.147. The fraction of sp³-hybridized carbons (Fsp3) is 0.478. The second-order valence-corrected chi connectivity index (χ2v) is 8.07. The maximum atomic E-state index is 13.6. The summed E-state index contributed by atoms with van der Waals surface area (Å²) in [6.45, 7) is 4.04. The summed E-state index contributed by atoms with van der Waals surface area (Å²) < 4.78 is 19.1. The van der Waals surface area contributed by atoms with Gasteiger partial charge in [0.15, 0.2) is 11.6 Å². The average molecular weight is 413 g/mol. The SMILES string of the molecule is Cc1cnccc1C1CNNC1C1CCCN1C(=O)CCCOc1ccccc1F. The number of hydrazine groups is 1. The first-order valence-corrected chi connectivity index (χ1v) is 10.7. The monoisotopic (exact) mass is 412 g/mol. The van der Waals surface area contributed by atoms with Crippen LogP contribution in [0.2, 0.25) is 0 Å². The molecule has 2 N–H and O–H groups in total. The lowest BCUT2D eigenvalue weighted by Crippen LogP contribution is -2.50. The highest BCUT2D eigenvalue weighted by Gasteiger charge is 2.41. The molecule has 0 radical (unpaired) electrons. The molecule has 6 nitrogen and oxygen atoms in total. The summed E-state index contributed by atoms with van der Waals surface area (Å²) in [5, 5.41) is 0. The van der Waals surface area contributed by atoms with E-state index in [0.717, 1.165) is 25.9 Å². The normalized spacial score (nSPS) is 23.7. The molecule has 2 aromatic rings. The molecule has 2 aliphatic heterocycles. The summed E-state index contributed by atoms with van der Waals surface area (Å²) in [4.78, 5) is 19.2. The highest BCUT2D eigenvalue weighted by Crippen LogP contribution is 2.32. The highest BCUT2D eigenvalue weighted by atomic mass is 19.1. The lowest BCUT2D eigenvalue weighted by atomic mass is 9.86. The number of nitrogens with one attached hydrogen (secondary N) is 2. The Morgan fingerprint density at radius 3 is 3.03 bits per heavy atom. The summed E-state index contributed by atoms with van der Waals surface area (Å²) in [7, 11) is 0. The van der Waals surface area contributed by atoms with Crippen molar-refractivity contribution < 1.29 is 13.9 Å². The first-order chi connectivity index (χ1) is 14.6. The number of likely N-dealkylation sites (tertiary alicyclic amines) is 1. The Hall–Kier alpha value is -2.51. The quantitative estimate of drug-likeness (QED) is 0.685. The summed E-state index contributed by atoms with van der Waals surface area (Å²) in [6, 6.07) is 8.77. The zero-order valence-electron chi connectivity index (χ0n) is 17.3. The van der Waals surface area contributed by atoms with E-state index in [1.807, 2.05) is 17.3 Å². The van der Waals surface area contributed by atoms with Gasteiger partial charge in [-0.2, -0.15) is 0 Å². The Morgan fingerprint density at radius 2 is 2.20 bits per heavy atom. The number of hydrogen-bond acceptors (Lipinski definition) is 5. The number of rotatable bonds is 7. The van der Waals surface area contributed by atoms with Crippen molar-refractivity contribution in [1.29, 1.82) is 0 Å². The Balaban J connectivity index is 1.34. The number of benzene rings is 1. The van der Waals surface area contributed by atoms with Crippen LogP contribution in [0.4, 0.5) is 4.39 Å². The Kier molecular flexibility index (Phi) is 6.59. The van der Waals surface area contributed by atoms with Crippen LogP contribution in [0.15, 0.2) is 42.7 Å². The minimum Gasteiger partial charge on any atom is -0.491 e. The molecule has 1 aromatic carbocycles. The van der Waals surface area contributed by atoms with Crippen molar-refractivity contribution in [3.8, 4) is 5.75 Å². The van der Waals surface area contributed by atoms with Gasteiger partial charge in [0.25, 0.3) is 0 Å². The molecule has 2 saturated heterocycles. The van der Waals surface area contributed by atoms with Gasteiger partial charge in [-0.3, -0.25) is 20.6 Å². The molecule has 4 rings (SSSR count). The van der Waals surface area contributed by atoms with Gasteiger partial charge in [0.05, 0.1) is 6.61 Å². The third-order valence-corrected chi connectivity index (χ3v) is 6.15. The predicted octanol–water partition coefficient (Wildman–Crippen LogP) is 2.94. The van der Waals surface area contributed by atoms with E-state index >= 15 is 0 Å². The molecule has 3 unspecified atom stereocenters. The van der Waals surface area contributed by atoms with E-state index in [2.05, 4.69) is 28.8 Å². The lowest BCUT2D eigenvalue weighted by molar-refractivity contribution is -0.132. The maximum Gasteiger partial charge on any atom is 0.223 e. The van der Waals surface area contributed by atoms with Crippen molar-refractivity contribution in [2.24, 2.45) is 0 Å². The van der Waals surface area contributed by atoms with E-state index in [1.165, 1.54) is 17.2 Å². The van der Waals surface area contributed by atoms with Gasteiger partial charge in [-0.05, 0) is 55.5 Å². The first-order valence-electron chi connectivity index (χ1n) is 10.7. The van der Waals surface area contributed by atoms with Crippen LogP contribution >= 0.6 is 0 Å². The highest BCUT2D eigenvalue weighted by molar-refractivity contribution is 5.77. The van der Waals surface area contributed by atoms with Crippen LogP contribution in [0.5, 0.6) is 5.75 Å². The molecule has 1 aromatic heterocycles. The molecule has 0 aliphatic carbocycles. The van der Waals surface area contributed by atoms with Crippen LogP contribution < -0.4 is 15.6 Å². The molecular formula is C23H29FN4O2. The van der Waals surface area contributed by atoms with Crippen molar-refractivity contribution in [2.75, 3.05) is 19.7 Å². The van der Waals surface area contributed by atoms with Crippen molar-refractivity contribution >= 4 is 5.91 Å². The minimum atomic E-state index is -0.374. The standard InChI is InChI=1S/C23H29FN4O2/c1-16-14-25-11-10-17(16)18-15-26-27-23(18)20-7-4-12-28(20)22(29)9-5-13-30-21-8-3-2-6-19(21)24/h2-3,6,8,10-11,14,18,20,23,26-27H,4-5,7,9,12-13,15H2,1H3. The summed E-state index contributed by atoms with van der Waals surface area (Å²) >= 11 is 0. The smallest absolute Gasteiger partial charge is 0.223 e. The third kappa shape index (κ3) is 4.47. The van der Waals surface area contributed by atoms with Gasteiger partial charge < -0.3 is 9.64 Å². The third-order valence-electron chi connectivity index (χ3n) is 6.15. The Labute approximate surface area is 176 Å². The molecule has 3 heterocycles. The van der Waals surface area contributed by atoms with E-state index in [4.69, 9.17) is 4.74 Å². The van der Waals surface area contributed by atoms with Crippen molar-refractivity contribution in [3.63, 3.8) is 0 Å². The largest absolute Gasteiger partial charge is 0.491 e. The molecule has 2 fully saturated rings. The molecule has 160 valence electrons. The molecule has 2 aliphatic rings. The number of amides is 1. The molecule has 7 heteroatoms. The van der Waals surface area contributed by atoms with Crippen LogP contribution in [0.1, 0.15) is 42.7 Å². The number of para-hydroxylation sites is 1. The number of aryl methyl sites for hydroxylation is 1. The zero-order chi connectivity index (χ0) is 20.9. The fourth-order valence-corrected chi connectivity index (χ4v) is 4.67. The van der Waals surface area contributed by atoms with Gasteiger partial charge in [0, 0.05) is 49.9 Å². The molecular weight excluding hydrogens is 383 g/mol. The molecule has 0 spiro atoms. The van der Waals surface area contributed by atoms with Crippen molar-refractivity contribution in [3.05, 3.63) is 59.7 Å². The molecule has 3 atom stereocenters. The number of nitrogens with zero attached hydrogens (tertiary/aromatic N) is 2. The van der Waals surface area contributed by atoms with Crippen LogP contribution in [-0.2, 0) is 4.79 Å². The van der Waals surface area contributed by atoms with Crippen molar-refractivity contribution in [2.45, 2.75) is 50.6 Å². The van der Waals surface area contributed by atoms with Gasteiger partial charge in [-0.1, -0.05) is 12.1 Å². The van der Waals surface area contributed by atoms with Gasteiger partial charge in [0.2, 0.25) is 5.91 Å². The first kappa shape index (κ1) is 20.8. The van der Waals surface area contributed by atoms with E-state index in [9.17, 15) is 9.18 Å². The molecule has 0 saturated carbocycles. The summed E-state index contributed by atoms with van der Waals surface area (Å²) in [5.74, 6) is 0.311. The number of halogens is 1. The van der Waals surface area contributed by atoms with Crippen molar-refractivity contribution in [1.82, 2.24) is 20.7 Å². The number of ether oxygens (including phenoxy) is 1. The Morgan fingerprint density at radius 1 is 1.33 bits per heavy atom. The average Bonchev–Trinajstić information content (AvgIpc) is 3.42. The number of aromatic nitrogens is 1. The number of pyridine rings is 1. The molecule has 1 amide bonds.